The van der Waals surface area contributed by atoms with Crippen LogP contribution in [0.5, 0.6) is 0 Å². The molecule has 3 rings (SSSR count). The minimum absolute atomic E-state index is 0.0610. The first-order valence-electron chi connectivity index (χ1n) is 13.6. The highest BCUT2D eigenvalue weighted by Gasteiger charge is 2.30. The van der Waals surface area contributed by atoms with Crippen molar-refractivity contribution in [2.45, 2.75) is 63.8 Å². The van der Waals surface area contributed by atoms with Gasteiger partial charge in [-0.25, -0.2) is 8.42 Å². The standard InChI is InChI=1S/C29H45N3O4S2/c1-21-18-22(2)29(23(3)19-21)38(34,35)32(6)15-16-36-20-27(33)30-14-13-24-9-11-25(12-10-24)28(31(4)5)26-8-7-17-37-26/h7-8,17-19,24-25,28H,9-16,20H2,1-6H3,(H,30,33). The van der Waals surface area contributed by atoms with Crippen molar-refractivity contribution in [3.63, 3.8) is 0 Å². The highest BCUT2D eigenvalue weighted by atomic mass is 32.2. The number of carbonyl (C=O) groups excluding carboxylic acids is 1. The molecule has 1 heterocycles. The molecule has 9 heteroatoms. The number of rotatable bonds is 13. The lowest BCUT2D eigenvalue weighted by molar-refractivity contribution is -0.125. The number of hydrogen-bond donors (Lipinski definition) is 1. The van der Waals surface area contributed by atoms with Crippen molar-refractivity contribution in [3.8, 4) is 0 Å². The van der Waals surface area contributed by atoms with Crippen molar-refractivity contribution in [2.24, 2.45) is 11.8 Å². The first-order valence-corrected chi connectivity index (χ1v) is 15.9. The molecule has 1 aromatic heterocycles. The summed E-state index contributed by atoms with van der Waals surface area (Å²) >= 11 is 1.85. The van der Waals surface area contributed by atoms with Crippen LogP contribution in [0.4, 0.5) is 0 Å². The van der Waals surface area contributed by atoms with Gasteiger partial charge in [-0.15, -0.1) is 11.3 Å². The van der Waals surface area contributed by atoms with Gasteiger partial charge in [0.2, 0.25) is 15.9 Å². The number of nitrogens with zero attached hydrogens (tertiary/aromatic N) is 2. The summed E-state index contributed by atoms with van der Waals surface area (Å²) in [6, 6.07) is 8.65. The van der Waals surface area contributed by atoms with E-state index >= 15 is 0 Å². The van der Waals surface area contributed by atoms with Gasteiger partial charge in [-0.05, 0) is 88.5 Å². The number of likely N-dealkylation sites (N-methyl/N-ethyl adjacent to an activating group) is 1. The van der Waals surface area contributed by atoms with Crippen molar-refractivity contribution in [3.05, 3.63) is 51.2 Å². The zero-order chi connectivity index (χ0) is 27.9. The van der Waals surface area contributed by atoms with Crippen molar-refractivity contribution in [1.82, 2.24) is 14.5 Å². The number of aryl methyl sites for hydroxylation is 3. The van der Waals surface area contributed by atoms with Crippen LogP contribution in [0.1, 0.15) is 59.7 Å². The average molecular weight is 564 g/mol. The lowest BCUT2D eigenvalue weighted by Crippen LogP contribution is -2.34. The Morgan fingerprint density at radius 3 is 2.34 bits per heavy atom. The summed E-state index contributed by atoms with van der Waals surface area (Å²) in [4.78, 5) is 16.4. The van der Waals surface area contributed by atoms with Gasteiger partial charge in [-0.2, -0.15) is 4.31 Å². The molecule has 2 aromatic rings. The van der Waals surface area contributed by atoms with E-state index in [9.17, 15) is 13.2 Å². The highest BCUT2D eigenvalue weighted by Crippen LogP contribution is 2.41. The predicted molar refractivity (Wildman–Crippen MR) is 155 cm³/mol. The van der Waals surface area contributed by atoms with E-state index in [2.05, 4.69) is 41.8 Å². The van der Waals surface area contributed by atoms with Crippen LogP contribution in [0.2, 0.25) is 0 Å². The summed E-state index contributed by atoms with van der Waals surface area (Å²) < 4.78 is 32.9. The van der Waals surface area contributed by atoms with E-state index < -0.39 is 10.0 Å². The Morgan fingerprint density at radius 1 is 1.11 bits per heavy atom. The van der Waals surface area contributed by atoms with Crippen LogP contribution in [0.15, 0.2) is 34.5 Å². The number of sulfonamides is 1. The molecule has 38 heavy (non-hydrogen) atoms. The lowest BCUT2D eigenvalue weighted by atomic mass is 9.76. The molecule has 1 N–H and O–H groups in total. The van der Waals surface area contributed by atoms with E-state index in [4.69, 9.17) is 4.74 Å². The summed E-state index contributed by atoms with van der Waals surface area (Å²) in [5.74, 6) is 1.18. The smallest absolute Gasteiger partial charge is 0.245 e. The third-order valence-electron chi connectivity index (χ3n) is 7.66. The molecular weight excluding hydrogens is 518 g/mol. The summed E-state index contributed by atoms with van der Waals surface area (Å²) in [7, 11) is 2.28. The fourth-order valence-electron chi connectivity index (χ4n) is 5.84. The second kappa shape index (κ2) is 14.0. The van der Waals surface area contributed by atoms with Crippen molar-refractivity contribution < 1.29 is 17.9 Å². The van der Waals surface area contributed by atoms with Gasteiger partial charge >= 0.3 is 0 Å². The minimum atomic E-state index is -3.62. The van der Waals surface area contributed by atoms with Crippen LogP contribution >= 0.6 is 11.3 Å². The molecule has 1 saturated carbocycles. The molecule has 1 atom stereocenters. The van der Waals surface area contributed by atoms with Crippen LogP contribution in [0, 0.1) is 32.6 Å². The molecular formula is C29H45N3O4S2. The first kappa shape index (κ1) is 30.8. The Morgan fingerprint density at radius 2 is 1.76 bits per heavy atom. The quantitative estimate of drug-likeness (QED) is 0.350. The van der Waals surface area contributed by atoms with E-state index in [0.29, 0.717) is 29.3 Å². The Labute approximate surface area is 233 Å². The normalized spacial score (nSPS) is 19.2. The fourth-order valence-corrected chi connectivity index (χ4v) is 8.41. The van der Waals surface area contributed by atoms with Crippen LogP contribution < -0.4 is 5.32 Å². The van der Waals surface area contributed by atoms with Gasteiger partial charge in [-0.3, -0.25) is 4.79 Å². The zero-order valence-corrected chi connectivity index (χ0v) is 25.5. The topological polar surface area (TPSA) is 78.9 Å². The largest absolute Gasteiger partial charge is 0.370 e. The molecule has 1 fully saturated rings. The number of ether oxygens (including phenoxy) is 1. The third-order valence-corrected chi connectivity index (χ3v) is 10.8. The molecule has 0 bridgehead atoms. The molecule has 0 saturated heterocycles. The Hall–Kier alpha value is -1.78. The van der Waals surface area contributed by atoms with Crippen LogP contribution in [-0.4, -0.2) is 71.0 Å². The van der Waals surface area contributed by atoms with Gasteiger partial charge in [0.15, 0.2) is 0 Å². The number of nitrogens with one attached hydrogen (secondary N) is 1. The van der Waals surface area contributed by atoms with Gasteiger partial charge in [0, 0.05) is 31.1 Å². The molecule has 212 valence electrons. The van der Waals surface area contributed by atoms with E-state index in [-0.39, 0.29) is 25.7 Å². The molecule has 0 spiro atoms. The maximum absolute atomic E-state index is 13.0. The van der Waals surface area contributed by atoms with Crippen LogP contribution in [0.25, 0.3) is 0 Å². The van der Waals surface area contributed by atoms with Crippen molar-refractivity contribution in [2.75, 3.05) is 47.4 Å². The second-order valence-corrected chi connectivity index (χ2v) is 13.9. The third kappa shape index (κ3) is 8.11. The summed E-state index contributed by atoms with van der Waals surface area (Å²) in [6.45, 7) is 6.53. The Balaban J connectivity index is 1.33. The zero-order valence-electron chi connectivity index (χ0n) is 23.8. The minimum Gasteiger partial charge on any atom is -0.370 e. The van der Waals surface area contributed by atoms with Gasteiger partial charge < -0.3 is 15.0 Å². The molecule has 1 aliphatic carbocycles. The number of thiophene rings is 1. The molecule has 1 unspecified atom stereocenters. The van der Waals surface area contributed by atoms with Gasteiger partial charge in [0.05, 0.1) is 11.5 Å². The average Bonchev–Trinajstić information content (AvgIpc) is 3.36. The van der Waals surface area contributed by atoms with Crippen molar-refractivity contribution >= 4 is 27.3 Å². The van der Waals surface area contributed by atoms with E-state index in [1.54, 1.807) is 7.05 Å². The summed E-state index contributed by atoms with van der Waals surface area (Å²) in [5, 5.41) is 5.13. The van der Waals surface area contributed by atoms with Gasteiger partial charge in [-0.1, -0.05) is 36.6 Å². The first-order chi connectivity index (χ1) is 18.0. The SMILES string of the molecule is Cc1cc(C)c(S(=O)(=O)N(C)CCOCC(=O)NCCC2CCC(C(c3cccs3)N(C)C)CC2)c(C)c1. The molecule has 1 amide bonds. The summed E-state index contributed by atoms with van der Waals surface area (Å²) in [5.41, 5.74) is 2.52. The highest BCUT2D eigenvalue weighted by molar-refractivity contribution is 7.89. The van der Waals surface area contributed by atoms with Gasteiger partial charge in [0.1, 0.15) is 6.61 Å². The Kier molecular flexibility index (Phi) is 11.4. The maximum Gasteiger partial charge on any atom is 0.245 e. The van der Waals surface area contributed by atoms with Crippen molar-refractivity contribution in [1.29, 1.82) is 0 Å². The maximum atomic E-state index is 13.0. The number of hydrogen-bond acceptors (Lipinski definition) is 6. The molecule has 0 aliphatic heterocycles. The molecule has 0 radical (unpaired) electrons. The second-order valence-electron chi connectivity index (χ2n) is 11.0. The lowest BCUT2D eigenvalue weighted by Gasteiger charge is -2.37. The van der Waals surface area contributed by atoms with Crippen LogP contribution in [-0.2, 0) is 19.6 Å². The van der Waals surface area contributed by atoms with E-state index in [1.165, 1.54) is 34.9 Å². The number of benzene rings is 1. The molecule has 1 aliphatic rings. The fraction of sp³-hybridized carbons (Fsp3) is 0.621. The van der Waals surface area contributed by atoms with E-state index in [0.717, 1.165) is 23.1 Å². The van der Waals surface area contributed by atoms with Crippen LogP contribution in [0.3, 0.4) is 0 Å². The monoisotopic (exact) mass is 563 g/mol. The Bertz CT molecular complexity index is 1120. The number of amides is 1. The molecule has 7 nitrogen and oxygen atoms in total. The number of carbonyl (C=O) groups is 1. The summed E-state index contributed by atoms with van der Waals surface area (Å²) in [6.07, 6.45) is 5.84. The predicted octanol–water partition coefficient (Wildman–Crippen LogP) is 4.93. The molecule has 1 aromatic carbocycles. The van der Waals surface area contributed by atoms with E-state index in [1.807, 2.05) is 44.2 Å². The van der Waals surface area contributed by atoms with Gasteiger partial charge in [0.25, 0.3) is 0 Å².